The van der Waals surface area contributed by atoms with Crippen molar-refractivity contribution in [3.8, 4) is 11.8 Å². The van der Waals surface area contributed by atoms with Gasteiger partial charge in [-0.05, 0) is 49.6 Å². The molecule has 0 aliphatic carbocycles. The molecule has 2 atom stereocenters. The van der Waals surface area contributed by atoms with Gasteiger partial charge in [0, 0.05) is 54.7 Å². The number of nitrogens with one attached hydrogen (secondary N) is 2. The first kappa shape index (κ1) is 31.9. The van der Waals surface area contributed by atoms with Gasteiger partial charge >= 0.3 is 0 Å². The smallest absolute Gasteiger partial charge is 0.263 e. The Hall–Kier alpha value is -5.53. The molecule has 4 aromatic rings. The summed E-state index contributed by atoms with van der Waals surface area (Å²) < 4.78 is 11.8. The Morgan fingerprint density at radius 1 is 1.11 bits per heavy atom. The molecule has 0 bridgehead atoms. The normalized spacial score (nSPS) is 13.5. The zero-order valence-corrected chi connectivity index (χ0v) is 25.5. The summed E-state index contributed by atoms with van der Waals surface area (Å²) in [6, 6.07) is 17.3. The Morgan fingerprint density at radius 2 is 1.96 bits per heavy atom. The number of carbonyl (C=O) groups is 4. The lowest BCUT2D eigenvalue weighted by atomic mass is 10.0. The number of aldehydes is 1. The van der Waals surface area contributed by atoms with Crippen LogP contribution in [0.25, 0.3) is 11.0 Å². The van der Waals surface area contributed by atoms with Crippen molar-refractivity contribution in [3.05, 3.63) is 113 Å². The van der Waals surface area contributed by atoms with Crippen LogP contribution in [-0.2, 0) is 14.3 Å². The Morgan fingerprint density at radius 3 is 2.72 bits per heavy atom. The molecule has 0 saturated heterocycles. The highest BCUT2D eigenvalue weighted by Crippen LogP contribution is 2.30. The summed E-state index contributed by atoms with van der Waals surface area (Å²) in [5, 5.41) is 6.97. The van der Waals surface area contributed by atoms with E-state index in [9.17, 15) is 19.2 Å². The minimum absolute atomic E-state index is 0.00705. The third kappa shape index (κ3) is 7.22. The molecule has 234 valence electrons. The number of fused-ring (bicyclic) bond motifs is 2. The molecule has 2 aromatic heterocycles. The Kier molecular flexibility index (Phi) is 10.4. The Balaban J connectivity index is 1.14. The van der Waals surface area contributed by atoms with Gasteiger partial charge in [0.2, 0.25) is 5.91 Å². The second kappa shape index (κ2) is 15.0. The van der Waals surface area contributed by atoms with Crippen LogP contribution in [0, 0.1) is 11.8 Å². The van der Waals surface area contributed by atoms with Gasteiger partial charge in [-0.3, -0.25) is 24.3 Å². The van der Waals surface area contributed by atoms with Crippen LogP contribution in [0.1, 0.15) is 69.3 Å². The van der Waals surface area contributed by atoms with E-state index in [1.165, 1.54) is 13.1 Å². The average molecular weight is 619 g/mol. The summed E-state index contributed by atoms with van der Waals surface area (Å²) in [6.07, 6.45) is 5.44. The molecular weight excluding hydrogens is 584 g/mol. The largest absolute Gasteiger partial charge is 0.459 e. The number of benzene rings is 2. The number of allylic oxidation sites excluding steroid dienone is 1. The molecule has 10 nitrogen and oxygen atoms in total. The van der Waals surface area contributed by atoms with E-state index in [0.29, 0.717) is 31.3 Å². The van der Waals surface area contributed by atoms with Crippen molar-refractivity contribution in [2.24, 2.45) is 0 Å². The van der Waals surface area contributed by atoms with Gasteiger partial charge in [0.25, 0.3) is 11.8 Å². The molecule has 10 heteroatoms. The number of carbonyl (C=O) groups excluding carboxylic acids is 4. The molecule has 0 radical (unpaired) electrons. The number of hydrogen-bond donors (Lipinski definition) is 2. The van der Waals surface area contributed by atoms with Gasteiger partial charge in [-0.2, -0.15) is 0 Å². The van der Waals surface area contributed by atoms with Gasteiger partial charge in [0.05, 0.1) is 17.2 Å². The van der Waals surface area contributed by atoms with E-state index in [1.807, 2.05) is 42.5 Å². The van der Waals surface area contributed by atoms with Crippen molar-refractivity contribution in [2.45, 2.75) is 37.8 Å². The molecule has 1 aliphatic heterocycles. The lowest BCUT2D eigenvalue weighted by molar-refractivity contribution is -0.121. The number of nitrogens with zero attached hydrogens (tertiary/aromatic N) is 2. The summed E-state index contributed by atoms with van der Waals surface area (Å²) in [4.78, 5) is 54.8. The van der Waals surface area contributed by atoms with Gasteiger partial charge in [0.1, 0.15) is 30.3 Å². The first-order valence-electron chi connectivity index (χ1n) is 15.0. The number of amides is 3. The maximum absolute atomic E-state index is 13.2. The second-order valence-corrected chi connectivity index (χ2v) is 10.7. The second-order valence-electron chi connectivity index (χ2n) is 10.7. The fourth-order valence-electron chi connectivity index (χ4n) is 5.30. The highest BCUT2D eigenvalue weighted by atomic mass is 16.5. The van der Waals surface area contributed by atoms with Crippen LogP contribution >= 0.6 is 0 Å². The molecule has 0 saturated carbocycles. The third-order valence-electron chi connectivity index (χ3n) is 7.64. The lowest BCUT2D eigenvalue weighted by Crippen LogP contribution is -2.41. The quantitative estimate of drug-likeness (QED) is 0.0911. The molecule has 5 rings (SSSR count). The van der Waals surface area contributed by atoms with E-state index in [0.717, 1.165) is 32.9 Å². The molecule has 46 heavy (non-hydrogen) atoms. The van der Waals surface area contributed by atoms with Crippen LogP contribution in [0.3, 0.4) is 0 Å². The first-order valence-corrected chi connectivity index (χ1v) is 15.0. The van der Waals surface area contributed by atoms with E-state index in [2.05, 4.69) is 34.0 Å². The minimum atomic E-state index is -1.04. The molecule has 2 N–H and O–H groups in total. The highest BCUT2D eigenvalue weighted by Gasteiger charge is 2.41. The van der Waals surface area contributed by atoms with Crippen LogP contribution in [0.4, 0.5) is 0 Å². The number of para-hydroxylation sites is 1. The van der Waals surface area contributed by atoms with Crippen molar-refractivity contribution in [1.29, 1.82) is 0 Å². The van der Waals surface area contributed by atoms with Crippen LogP contribution in [0.2, 0.25) is 0 Å². The van der Waals surface area contributed by atoms with Gasteiger partial charge < -0.3 is 24.6 Å². The summed E-state index contributed by atoms with van der Waals surface area (Å²) in [7, 11) is 1.48. The molecule has 2 aromatic carbocycles. The fraction of sp³-hybridized carbons (Fsp3) is 0.250. The van der Waals surface area contributed by atoms with E-state index < -0.39 is 17.9 Å². The fourth-order valence-corrected chi connectivity index (χ4v) is 5.30. The molecule has 2 unspecified atom stereocenters. The van der Waals surface area contributed by atoms with Gasteiger partial charge in [0.15, 0.2) is 0 Å². The van der Waals surface area contributed by atoms with E-state index in [4.69, 9.17) is 9.15 Å². The Labute approximate surface area is 266 Å². The summed E-state index contributed by atoms with van der Waals surface area (Å²) >= 11 is 0. The predicted molar refractivity (Wildman–Crippen MR) is 172 cm³/mol. The van der Waals surface area contributed by atoms with Crippen molar-refractivity contribution in [1.82, 2.24) is 20.5 Å². The molecular formula is C36H34N4O6. The summed E-state index contributed by atoms with van der Waals surface area (Å²) in [5.74, 6) is 5.15. The van der Waals surface area contributed by atoms with Crippen molar-refractivity contribution < 1.29 is 28.3 Å². The van der Waals surface area contributed by atoms with Crippen LogP contribution in [0.15, 0.2) is 89.8 Å². The third-order valence-corrected chi connectivity index (χ3v) is 7.64. The first-order chi connectivity index (χ1) is 22.4. The molecule has 3 heterocycles. The molecule has 0 spiro atoms. The standard InChI is InChI=1S/C36H34N4O6/c1-24(39-34(27-12-6-18-38-22-27)31-21-26-10-3-4-15-30(26)46-31)9-7-19-45-20-8-13-25-11-5-14-29-33(25)36(44)40(35(29)43)28(23-41)16-17-32(42)37-2/h3-6,10-12,14-15,18,21-23,28,34,39H,1,7,9,16-17,19-20H2,2H3,(H,37,42). The van der Waals surface area contributed by atoms with Crippen molar-refractivity contribution in [2.75, 3.05) is 20.3 Å². The maximum Gasteiger partial charge on any atom is 0.263 e. The van der Waals surface area contributed by atoms with Crippen LogP contribution < -0.4 is 10.6 Å². The maximum atomic E-state index is 13.2. The monoisotopic (exact) mass is 618 g/mol. The summed E-state index contributed by atoms with van der Waals surface area (Å²) in [5.41, 5.74) is 3.30. The lowest BCUT2D eigenvalue weighted by Gasteiger charge is -2.20. The molecule has 3 amide bonds. The van der Waals surface area contributed by atoms with Crippen molar-refractivity contribution >= 4 is 35.0 Å². The number of rotatable bonds is 14. The van der Waals surface area contributed by atoms with Crippen LogP contribution in [0.5, 0.6) is 0 Å². The number of furan rings is 1. The van der Waals surface area contributed by atoms with E-state index in [-0.39, 0.29) is 42.5 Å². The number of ether oxygens (including phenoxy) is 1. The van der Waals surface area contributed by atoms with Gasteiger partial charge in [-0.25, -0.2) is 0 Å². The zero-order chi connectivity index (χ0) is 32.5. The topological polar surface area (TPSA) is 131 Å². The SMILES string of the molecule is C=C(CCCOCC#Cc1cccc2c1C(=O)N(C(C=O)CCC(=O)NC)C2=O)NC(c1cccnc1)c1cc2ccccc2o1. The molecule has 0 fully saturated rings. The zero-order valence-electron chi connectivity index (χ0n) is 25.5. The van der Waals surface area contributed by atoms with E-state index >= 15 is 0 Å². The molecule has 1 aliphatic rings. The number of pyridine rings is 1. The predicted octanol–water partition coefficient (Wildman–Crippen LogP) is 4.56. The van der Waals surface area contributed by atoms with Gasteiger partial charge in [-0.1, -0.05) is 48.8 Å². The highest BCUT2D eigenvalue weighted by molar-refractivity contribution is 6.23. The minimum Gasteiger partial charge on any atom is -0.459 e. The van der Waals surface area contributed by atoms with Gasteiger partial charge in [-0.15, -0.1) is 0 Å². The number of aromatic nitrogens is 1. The van der Waals surface area contributed by atoms with E-state index in [1.54, 1.807) is 24.5 Å². The number of imide groups is 1. The summed E-state index contributed by atoms with van der Waals surface area (Å²) in [6.45, 7) is 4.76. The Bertz CT molecular complexity index is 1790. The van der Waals surface area contributed by atoms with Crippen LogP contribution in [-0.4, -0.2) is 60.2 Å². The average Bonchev–Trinajstić information content (AvgIpc) is 3.62. The number of hydrogen-bond acceptors (Lipinski definition) is 8. The van der Waals surface area contributed by atoms with Crippen molar-refractivity contribution in [3.63, 3.8) is 0 Å².